The fourth-order valence-corrected chi connectivity index (χ4v) is 0.954. The van der Waals surface area contributed by atoms with Crippen molar-refractivity contribution in [2.24, 2.45) is 0 Å². The van der Waals surface area contributed by atoms with Crippen LogP contribution in [0.25, 0.3) is 0 Å². The molecule has 0 unspecified atom stereocenters. The lowest BCUT2D eigenvalue weighted by Crippen LogP contribution is -2.13. The summed E-state index contributed by atoms with van der Waals surface area (Å²) in [6.45, 7) is -1.11. The highest BCUT2D eigenvalue weighted by Crippen LogP contribution is 2.21. The Morgan fingerprint density at radius 1 is 1.40 bits per heavy atom. The Morgan fingerprint density at radius 2 is 2.00 bits per heavy atom. The molecule has 0 spiro atoms. The fraction of sp³-hybridized carbons (Fsp3) is 0.500. The van der Waals surface area contributed by atoms with E-state index in [1.807, 2.05) is 0 Å². The van der Waals surface area contributed by atoms with Gasteiger partial charge in [-0.05, 0) is 0 Å². The molecular weight excluding hydrogens is 222 g/mol. The third-order valence-corrected chi connectivity index (χ3v) is 1.49. The zero-order valence-corrected chi connectivity index (χ0v) is 7.07. The predicted octanol–water partition coefficient (Wildman–Crippen LogP) is 1.18. The fourth-order valence-electron chi connectivity index (χ4n) is 0.954. The Bertz CT molecular complexity index is 365. The molecule has 1 heterocycles. The number of nitrogens with zero attached hydrogens (tertiary/aromatic N) is 3. The van der Waals surface area contributed by atoms with Crippen molar-refractivity contribution in [3.8, 4) is 0 Å². The van der Waals surface area contributed by atoms with Gasteiger partial charge in [-0.25, -0.2) is 27.0 Å². The molecule has 9 heteroatoms. The molecule has 5 nitrogen and oxygen atoms in total. The summed E-state index contributed by atoms with van der Waals surface area (Å²) in [4.78, 5) is 10.4. The Labute approximate surface area is 80.3 Å². The number of hydrogen-bond acceptors (Lipinski definition) is 3. The quantitative estimate of drug-likeness (QED) is 0.784. The molecule has 1 rings (SSSR count). The number of aromatic nitrogens is 3. The lowest BCUT2D eigenvalue weighted by Gasteiger charge is -2.04. The topological polar surface area (TPSA) is 68.0 Å². The zero-order valence-electron chi connectivity index (χ0n) is 7.07. The number of hydrogen-bond donors (Lipinski definition) is 1. The summed E-state index contributed by atoms with van der Waals surface area (Å²) < 4.78 is 48.6. The number of carboxylic acid groups (broad SMARTS) is 1. The number of aromatic carboxylic acids is 1. The summed E-state index contributed by atoms with van der Waals surface area (Å²) in [6, 6.07) is 0. The molecule has 15 heavy (non-hydrogen) atoms. The molecule has 0 amide bonds. The maximum Gasteiger partial charge on any atom is 0.358 e. The van der Waals surface area contributed by atoms with Gasteiger partial charge in [0.05, 0.1) is 0 Å². The Balaban J connectivity index is 3.12. The van der Waals surface area contributed by atoms with Crippen LogP contribution in [0.4, 0.5) is 17.6 Å². The average Bonchev–Trinajstić information content (AvgIpc) is 2.46. The Kier molecular flexibility index (Phi) is 3.22. The van der Waals surface area contributed by atoms with Crippen molar-refractivity contribution in [2.45, 2.75) is 19.4 Å². The summed E-state index contributed by atoms with van der Waals surface area (Å²) in [5.41, 5.74) is -2.12. The van der Waals surface area contributed by atoms with Crippen LogP contribution in [-0.4, -0.2) is 32.5 Å². The van der Waals surface area contributed by atoms with Crippen molar-refractivity contribution >= 4 is 5.97 Å². The van der Waals surface area contributed by atoms with E-state index in [1.165, 1.54) is 0 Å². The van der Waals surface area contributed by atoms with Crippen LogP contribution in [0, 0.1) is 0 Å². The van der Waals surface area contributed by atoms with E-state index in [1.54, 1.807) is 0 Å². The van der Waals surface area contributed by atoms with E-state index in [4.69, 9.17) is 5.11 Å². The van der Waals surface area contributed by atoms with Crippen LogP contribution in [0.3, 0.4) is 0 Å². The van der Waals surface area contributed by atoms with E-state index < -0.39 is 36.8 Å². The van der Waals surface area contributed by atoms with E-state index in [0.717, 1.165) is 0 Å². The maximum absolute atomic E-state index is 12.3. The third kappa shape index (κ3) is 2.42. The second-order valence-corrected chi connectivity index (χ2v) is 2.50. The van der Waals surface area contributed by atoms with Crippen molar-refractivity contribution in [1.82, 2.24) is 15.0 Å². The zero-order chi connectivity index (χ0) is 11.6. The van der Waals surface area contributed by atoms with Gasteiger partial charge in [0.1, 0.15) is 12.2 Å². The molecule has 0 bridgehead atoms. The number of carboxylic acids is 1. The minimum atomic E-state index is -3.22. The molecule has 84 valence electrons. The number of alkyl halides is 4. The first-order chi connectivity index (χ1) is 6.93. The van der Waals surface area contributed by atoms with E-state index in [0.29, 0.717) is 0 Å². The van der Waals surface area contributed by atoms with Gasteiger partial charge in [-0.2, -0.15) is 0 Å². The monoisotopic (exact) mass is 227 g/mol. The summed E-state index contributed by atoms with van der Waals surface area (Å²) in [6.07, 6.45) is -6.13. The molecule has 1 N–H and O–H groups in total. The van der Waals surface area contributed by atoms with Crippen LogP contribution in [0.2, 0.25) is 0 Å². The molecule has 1 aromatic rings. The summed E-state index contributed by atoms with van der Waals surface area (Å²) in [7, 11) is 0. The second-order valence-electron chi connectivity index (χ2n) is 2.50. The second kappa shape index (κ2) is 4.24. The molecule has 0 radical (unpaired) electrons. The van der Waals surface area contributed by atoms with Gasteiger partial charge in [-0.15, -0.1) is 5.10 Å². The van der Waals surface area contributed by atoms with Crippen molar-refractivity contribution in [1.29, 1.82) is 0 Å². The van der Waals surface area contributed by atoms with Crippen molar-refractivity contribution < 1.29 is 27.5 Å². The van der Waals surface area contributed by atoms with Crippen molar-refractivity contribution in [3.05, 3.63) is 11.4 Å². The minimum absolute atomic E-state index is 0.193. The first-order valence-electron chi connectivity index (χ1n) is 3.66. The first kappa shape index (κ1) is 11.4. The number of halogens is 4. The van der Waals surface area contributed by atoms with Crippen LogP contribution >= 0.6 is 0 Å². The third-order valence-electron chi connectivity index (χ3n) is 1.49. The molecular formula is C6H5F4N3O2. The molecule has 0 saturated heterocycles. The summed E-state index contributed by atoms with van der Waals surface area (Å²) in [5.74, 6) is -1.73. The van der Waals surface area contributed by atoms with Crippen molar-refractivity contribution in [3.63, 3.8) is 0 Å². The van der Waals surface area contributed by atoms with Crippen LogP contribution < -0.4 is 0 Å². The van der Waals surface area contributed by atoms with Gasteiger partial charge in [-0.3, -0.25) is 0 Å². The smallest absolute Gasteiger partial charge is 0.358 e. The molecule has 0 aliphatic heterocycles. The van der Waals surface area contributed by atoms with Crippen LogP contribution in [0.5, 0.6) is 0 Å². The Hall–Kier alpha value is -1.67. The maximum atomic E-state index is 12.3. The van der Waals surface area contributed by atoms with Crippen LogP contribution in [0.15, 0.2) is 0 Å². The van der Waals surface area contributed by atoms with E-state index in [9.17, 15) is 22.4 Å². The lowest BCUT2D eigenvalue weighted by atomic mass is 10.3. The normalized spacial score (nSPS) is 11.3. The van der Waals surface area contributed by atoms with E-state index >= 15 is 0 Å². The SMILES string of the molecule is O=C(O)c1nnn(CC(F)F)c1C(F)F. The van der Waals surface area contributed by atoms with Gasteiger partial charge in [0.15, 0.2) is 5.69 Å². The number of rotatable bonds is 4. The summed E-state index contributed by atoms with van der Waals surface area (Å²) in [5, 5.41) is 14.2. The van der Waals surface area contributed by atoms with Gasteiger partial charge in [0.25, 0.3) is 12.9 Å². The standard InChI is InChI=1S/C6H5F4N3O2/c7-2(8)1-13-4(5(9)10)3(6(14)15)11-12-13/h2,5H,1H2,(H,14,15). The highest BCUT2D eigenvalue weighted by Gasteiger charge is 2.27. The molecule has 0 fully saturated rings. The molecule has 0 aliphatic carbocycles. The molecule has 0 aromatic carbocycles. The van der Waals surface area contributed by atoms with Gasteiger partial charge in [0, 0.05) is 0 Å². The van der Waals surface area contributed by atoms with E-state index in [-0.39, 0.29) is 4.68 Å². The minimum Gasteiger partial charge on any atom is -0.476 e. The summed E-state index contributed by atoms with van der Waals surface area (Å²) >= 11 is 0. The van der Waals surface area contributed by atoms with Crippen LogP contribution in [-0.2, 0) is 6.54 Å². The average molecular weight is 227 g/mol. The molecule has 1 aromatic heterocycles. The molecule has 0 aliphatic rings. The molecule has 0 atom stereocenters. The van der Waals surface area contributed by atoms with Gasteiger partial charge >= 0.3 is 5.97 Å². The van der Waals surface area contributed by atoms with E-state index in [2.05, 4.69) is 10.3 Å². The molecule has 0 saturated carbocycles. The van der Waals surface area contributed by atoms with Gasteiger partial charge in [0.2, 0.25) is 0 Å². The van der Waals surface area contributed by atoms with Gasteiger partial charge < -0.3 is 5.11 Å². The first-order valence-corrected chi connectivity index (χ1v) is 3.66. The largest absolute Gasteiger partial charge is 0.476 e. The lowest BCUT2D eigenvalue weighted by molar-refractivity contribution is 0.0670. The van der Waals surface area contributed by atoms with Gasteiger partial charge in [-0.1, -0.05) is 5.21 Å². The highest BCUT2D eigenvalue weighted by molar-refractivity contribution is 5.86. The predicted molar refractivity (Wildman–Crippen MR) is 37.9 cm³/mol. The van der Waals surface area contributed by atoms with Crippen molar-refractivity contribution in [2.75, 3.05) is 0 Å². The van der Waals surface area contributed by atoms with Crippen LogP contribution in [0.1, 0.15) is 22.6 Å². The highest BCUT2D eigenvalue weighted by atomic mass is 19.3. The Morgan fingerprint density at radius 3 is 2.40 bits per heavy atom. The number of carbonyl (C=O) groups is 1.